The molecule has 5 heteroatoms. The minimum atomic E-state index is -0.917. The highest BCUT2D eigenvalue weighted by atomic mass is 32.2. The molecule has 0 aromatic rings. The van der Waals surface area contributed by atoms with Crippen LogP contribution < -0.4 is 0 Å². The second-order valence-electron chi connectivity index (χ2n) is 1.58. The van der Waals surface area contributed by atoms with E-state index in [1.807, 2.05) is 0 Å². The molecule has 60 valence electrons. The van der Waals surface area contributed by atoms with Gasteiger partial charge < -0.3 is 9.47 Å². The van der Waals surface area contributed by atoms with Crippen molar-refractivity contribution >= 4 is 17.0 Å². The molecule has 0 aromatic carbocycles. The first-order valence-electron chi connectivity index (χ1n) is 2.67. The van der Waals surface area contributed by atoms with Crippen molar-refractivity contribution in [3.63, 3.8) is 0 Å². The molecule has 0 aromatic heterocycles. The van der Waals surface area contributed by atoms with Crippen molar-refractivity contribution in [1.82, 2.24) is 0 Å². The fraction of sp³-hybridized carbons (Fsp3) is 0.800. The normalized spacial score (nSPS) is 12.2. The second kappa shape index (κ2) is 5.22. The molecule has 4 nitrogen and oxygen atoms in total. The Kier molecular flexibility index (Phi) is 4.92. The molecule has 0 rings (SSSR count). The van der Waals surface area contributed by atoms with E-state index in [1.54, 1.807) is 6.26 Å². The van der Waals surface area contributed by atoms with Gasteiger partial charge >= 0.3 is 6.16 Å². The molecule has 0 saturated carbocycles. The predicted octanol–water partition coefficient (Wildman–Crippen LogP) is 0.148. The third-order valence-electron chi connectivity index (χ3n) is 0.757. The Balaban J connectivity index is 3.20. The first kappa shape index (κ1) is 9.42. The predicted molar refractivity (Wildman–Crippen MR) is 37.3 cm³/mol. The summed E-state index contributed by atoms with van der Waals surface area (Å²) >= 11 is 0. The lowest BCUT2D eigenvalue weighted by atomic mass is 10.9. The van der Waals surface area contributed by atoms with E-state index in [1.165, 1.54) is 7.11 Å². The van der Waals surface area contributed by atoms with Crippen molar-refractivity contribution in [3.05, 3.63) is 0 Å². The van der Waals surface area contributed by atoms with Gasteiger partial charge in [-0.25, -0.2) is 4.79 Å². The fourth-order valence-corrected chi connectivity index (χ4v) is 0.619. The van der Waals surface area contributed by atoms with E-state index in [0.29, 0.717) is 5.75 Å². The molecule has 0 fully saturated rings. The first-order valence-corrected chi connectivity index (χ1v) is 4.40. The van der Waals surface area contributed by atoms with Crippen LogP contribution in [0.4, 0.5) is 4.79 Å². The molecule has 1 atom stereocenters. The zero-order valence-electron chi connectivity index (χ0n) is 5.96. The first-order chi connectivity index (χ1) is 4.66. The van der Waals surface area contributed by atoms with Gasteiger partial charge in [0.15, 0.2) is 0 Å². The zero-order valence-corrected chi connectivity index (χ0v) is 6.77. The van der Waals surface area contributed by atoms with Crippen molar-refractivity contribution in [2.45, 2.75) is 0 Å². The Morgan fingerprint density at radius 1 is 1.60 bits per heavy atom. The van der Waals surface area contributed by atoms with Crippen molar-refractivity contribution < 1.29 is 18.5 Å². The third-order valence-corrected chi connectivity index (χ3v) is 1.50. The highest BCUT2D eigenvalue weighted by Gasteiger charge is 1.99. The summed E-state index contributed by atoms with van der Waals surface area (Å²) in [4.78, 5) is 10.2. The highest BCUT2D eigenvalue weighted by Crippen LogP contribution is 1.82. The molecule has 0 aliphatic carbocycles. The van der Waals surface area contributed by atoms with Crippen molar-refractivity contribution in [2.75, 3.05) is 25.7 Å². The van der Waals surface area contributed by atoms with Gasteiger partial charge in [0.2, 0.25) is 0 Å². The minimum absolute atomic E-state index is 0.149. The van der Waals surface area contributed by atoms with E-state index in [4.69, 9.17) is 0 Å². The van der Waals surface area contributed by atoms with Crippen molar-refractivity contribution in [3.8, 4) is 0 Å². The van der Waals surface area contributed by atoms with Gasteiger partial charge in [-0.15, -0.1) is 0 Å². The van der Waals surface area contributed by atoms with Gasteiger partial charge in [0.05, 0.1) is 12.9 Å². The highest BCUT2D eigenvalue weighted by molar-refractivity contribution is 7.84. The standard InChI is InChI=1S/C5H10O4S/c1-8-5(6)9-3-4-10(2)7/h3-4H2,1-2H3. The van der Waals surface area contributed by atoms with Crippen LogP contribution in [0.5, 0.6) is 0 Å². The van der Waals surface area contributed by atoms with Crippen LogP contribution in [0.2, 0.25) is 0 Å². The van der Waals surface area contributed by atoms with Gasteiger partial charge in [0.25, 0.3) is 0 Å². The maximum atomic E-state index is 10.4. The van der Waals surface area contributed by atoms with Crippen LogP contribution in [0.25, 0.3) is 0 Å². The van der Waals surface area contributed by atoms with Gasteiger partial charge in [-0.2, -0.15) is 0 Å². The summed E-state index contributed by atoms with van der Waals surface area (Å²) in [5.41, 5.74) is 0. The third kappa shape index (κ3) is 5.55. The Labute approximate surface area is 62.0 Å². The van der Waals surface area contributed by atoms with Crippen molar-refractivity contribution in [1.29, 1.82) is 0 Å². The van der Waals surface area contributed by atoms with Crippen molar-refractivity contribution in [2.24, 2.45) is 0 Å². The lowest BCUT2D eigenvalue weighted by Crippen LogP contribution is -2.10. The molecule has 0 saturated heterocycles. The van der Waals surface area contributed by atoms with Gasteiger partial charge in [-0.3, -0.25) is 4.21 Å². The monoisotopic (exact) mass is 166 g/mol. The van der Waals surface area contributed by atoms with E-state index in [9.17, 15) is 9.00 Å². The number of carbonyl (C=O) groups is 1. The summed E-state index contributed by atoms with van der Waals surface area (Å²) in [5.74, 6) is 0.356. The number of carbonyl (C=O) groups excluding carboxylic acids is 1. The Morgan fingerprint density at radius 2 is 2.20 bits per heavy atom. The number of methoxy groups -OCH3 is 1. The maximum Gasteiger partial charge on any atom is 0.508 e. The van der Waals surface area contributed by atoms with Gasteiger partial charge in [-0.1, -0.05) is 0 Å². The van der Waals surface area contributed by atoms with E-state index in [0.717, 1.165) is 0 Å². The molecule has 10 heavy (non-hydrogen) atoms. The van der Waals surface area contributed by atoms with Crippen LogP contribution >= 0.6 is 0 Å². The number of hydrogen-bond acceptors (Lipinski definition) is 4. The lowest BCUT2D eigenvalue weighted by molar-refractivity contribution is 0.0778. The molecular weight excluding hydrogens is 156 g/mol. The number of rotatable bonds is 3. The summed E-state index contributed by atoms with van der Waals surface area (Å²) in [7, 11) is 0.311. The van der Waals surface area contributed by atoms with Crippen LogP contribution in [0, 0.1) is 0 Å². The molecule has 0 amide bonds. The molecule has 0 spiro atoms. The summed E-state index contributed by atoms with van der Waals surface area (Å²) in [6.07, 6.45) is 0.811. The van der Waals surface area contributed by atoms with Crippen LogP contribution in [-0.2, 0) is 20.3 Å². The van der Waals surface area contributed by atoms with E-state index >= 15 is 0 Å². The van der Waals surface area contributed by atoms with Crippen LogP contribution in [0.15, 0.2) is 0 Å². The average molecular weight is 166 g/mol. The molecule has 0 heterocycles. The largest absolute Gasteiger partial charge is 0.508 e. The Bertz CT molecular complexity index is 134. The number of hydrogen-bond donors (Lipinski definition) is 0. The Morgan fingerprint density at radius 3 is 2.60 bits per heavy atom. The topological polar surface area (TPSA) is 52.6 Å². The number of ether oxygens (including phenoxy) is 2. The van der Waals surface area contributed by atoms with Gasteiger partial charge in [-0.05, 0) is 0 Å². The van der Waals surface area contributed by atoms with Crippen LogP contribution in [0.3, 0.4) is 0 Å². The van der Waals surface area contributed by atoms with Gasteiger partial charge in [0.1, 0.15) is 6.61 Å². The zero-order chi connectivity index (χ0) is 7.98. The molecule has 0 bridgehead atoms. The maximum absolute atomic E-state index is 10.4. The SMILES string of the molecule is COC(=O)OCCS(C)=O. The Hall–Kier alpha value is -0.580. The van der Waals surface area contributed by atoms with E-state index < -0.39 is 17.0 Å². The van der Waals surface area contributed by atoms with Crippen LogP contribution in [-0.4, -0.2) is 36.1 Å². The molecule has 0 radical (unpaired) electrons. The summed E-state index contributed by atoms with van der Waals surface area (Å²) in [6, 6.07) is 0. The summed E-state index contributed by atoms with van der Waals surface area (Å²) in [5, 5.41) is 0. The second-order valence-corrected chi connectivity index (χ2v) is 3.13. The molecule has 0 N–H and O–H groups in total. The lowest BCUT2D eigenvalue weighted by Gasteiger charge is -1.99. The van der Waals surface area contributed by atoms with Gasteiger partial charge in [0, 0.05) is 17.1 Å². The van der Waals surface area contributed by atoms with Crippen LogP contribution in [0.1, 0.15) is 0 Å². The molecular formula is C5H10O4S. The van der Waals surface area contributed by atoms with E-state index in [2.05, 4.69) is 9.47 Å². The molecule has 1 unspecified atom stereocenters. The fourth-order valence-electron chi connectivity index (χ4n) is 0.301. The quantitative estimate of drug-likeness (QED) is 0.560. The molecule has 0 aliphatic rings. The smallest absolute Gasteiger partial charge is 0.438 e. The minimum Gasteiger partial charge on any atom is -0.438 e. The average Bonchev–Trinajstić information content (AvgIpc) is 1.87. The molecule has 0 aliphatic heterocycles. The van der Waals surface area contributed by atoms with E-state index in [-0.39, 0.29) is 6.61 Å². The summed E-state index contributed by atoms with van der Waals surface area (Å²) < 4.78 is 19.0. The summed E-state index contributed by atoms with van der Waals surface area (Å²) in [6.45, 7) is 0.149.